The average Bonchev–Trinajstić information content (AvgIpc) is 3.28. The van der Waals surface area contributed by atoms with E-state index in [0.717, 1.165) is 24.8 Å². The average molecular weight is 673 g/mol. The second-order valence-corrected chi connectivity index (χ2v) is 14.0. The second-order valence-electron chi connectivity index (χ2n) is 11.3. The monoisotopic (exact) mass is 672 g/mol. The number of carbonyl (C=O) groups excluding carboxylic acids is 4. The van der Waals surface area contributed by atoms with Crippen LogP contribution in [-0.4, -0.2) is 79.3 Å². The molecule has 2 aromatic rings. The molecule has 0 aliphatic carbocycles. The number of rotatable bonds is 15. The molecule has 2 unspecified atom stereocenters. The standard InChI is InChI=1S/C30H36N6O8S2/c1-4-5-15-31-21(37)16-18(34-46-20-14-10-9-13-19(20)36(43)44)25(38)32-22(17-11-7-6-8-12-17)26(39)33-23-27(40)35-24(29(41)42)30(2,3)45-28(23)35/h6-14,18,22-24,28,34H,4-5,15-16H2,1-3H3,(H,31,37)(H,32,38)(H,33,39)(H,41,42)/t18?,22?,23-,24+,28-/m1/s1. The highest BCUT2D eigenvalue weighted by atomic mass is 32.2. The predicted molar refractivity (Wildman–Crippen MR) is 171 cm³/mol. The van der Waals surface area contributed by atoms with E-state index in [1.54, 1.807) is 50.2 Å². The van der Waals surface area contributed by atoms with Gasteiger partial charge in [0, 0.05) is 17.4 Å². The summed E-state index contributed by atoms with van der Waals surface area (Å²) in [6.07, 6.45) is 1.25. The van der Waals surface area contributed by atoms with Crippen molar-refractivity contribution in [1.82, 2.24) is 25.6 Å². The molecule has 46 heavy (non-hydrogen) atoms. The van der Waals surface area contributed by atoms with Crippen LogP contribution in [0.5, 0.6) is 0 Å². The molecule has 0 bridgehead atoms. The molecular weight excluding hydrogens is 636 g/mol. The van der Waals surface area contributed by atoms with Gasteiger partial charge in [0.15, 0.2) is 0 Å². The summed E-state index contributed by atoms with van der Waals surface area (Å²) >= 11 is 2.09. The fourth-order valence-electron chi connectivity index (χ4n) is 5.25. The van der Waals surface area contributed by atoms with Crippen LogP contribution in [0.1, 0.15) is 51.6 Å². The molecule has 4 rings (SSSR count). The fourth-order valence-corrected chi connectivity index (χ4v) is 7.73. The van der Waals surface area contributed by atoms with Gasteiger partial charge in [-0.3, -0.25) is 29.3 Å². The van der Waals surface area contributed by atoms with E-state index in [4.69, 9.17) is 0 Å². The number of hydrogen-bond donors (Lipinski definition) is 5. The number of fused-ring (bicyclic) bond motifs is 1. The number of para-hydroxylation sites is 1. The molecule has 2 aliphatic rings. The van der Waals surface area contributed by atoms with E-state index >= 15 is 0 Å². The van der Waals surface area contributed by atoms with Gasteiger partial charge >= 0.3 is 5.97 Å². The normalized spacial score (nSPS) is 20.9. The Morgan fingerprint density at radius 3 is 2.41 bits per heavy atom. The number of nitro benzene ring substituents is 1. The molecule has 2 fully saturated rings. The molecule has 0 radical (unpaired) electrons. The van der Waals surface area contributed by atoms with E-state index in [9.17, 15) is 39.2 Å². The van der Waals surface area contributed by atoms with Gasteiger partial charge in [-0.25, -0.2) is 9.52 Å². The van der Waals surface area contributed by atoms with Crippen molar-refractivity contribution in [3.05, 3.63) is 70.3 Å². The van der Waals surface area contributed by atoms with Crippen molar-refractivity contribution in [3.63, 3.8) is 0 Å². The molecule has 0 aromatic heterocycles. The summed E-state index contributed by atoms with van der Waals surface area (Å²) in [4.78, 5) is 77.6. The number of unbranched alkanes of at least 4 members (excludes halogenated alkanes) is 1. The van der Waals surface area contributed by atoms with Gasteiger partial charge < -0.3 is 26.0 Å². The Morgan fingerprint density at radius 2 is 1.76 bits per heavy atom. The highest BCUT2D eigenvalue weighted by Crippen LogP contribution is 2.50. The molecule has 16 heteroatoms. The first-order valence-electron chi connectivity index (χ1n) is 14.7. The molecule has 2 heterocycles. The van der Waals surface area contributed by atoms with E-state index in [1.165, 1.54) is 34.9 Å². The Hall–Kier alpha value is -4.15. The maximum atomic E-state index is 13.7. The quantitative estimate of drug-likeness (QED) is 0.0612. The topological polar surface area (TPSA) is 200 Å². The molecule has 4 amide bonds. The summed E-state index contributed by atoms with van der Waals surface area (Å²) in [5, 5.41) is 28.8. The molecular formula is C30H36N6O8S2. The first kappa shape index (κ1) is 34.7. The lowest BCUT2D eigenvalue weighted by atomic mass is 9.95. The number of carbonyl (C=O) groups is 5. The summed E-state index contributed by atoms with van der Waals surface area (Å²) in [6, 6.07) is 9.69. The predicted octanol–water partition coefficient (Wildman–Crippen LogP) is 2.36. The van der Waals surface area contributed by atoms with Crippen LogP contribution >= 0.6 is 23.7 Å². The Kier molecular flexibility index (Phi) is 11.3. The third kappa shape index (κ3) is 7.79. The second kappa shape index (κ2) is 15.0. The molecule has 5 N–H and O–H groups in total. The smallest absolute Gasteiger partial charge is 0.327 e. The molecule has 0 saturated carbocycles. The zero-order valence-electron chi connectivity index (χ0n) is 25.4. The molecule has 0 spiro atoms. The molecule has 5 atom stereocenters. The Labute approximate surface area is 274 Å². The number of nitrogens with zero attached hydrogens (tertiary/aromatic N) is 2. The number of thioether (sulfide) groups is 1. The van der Waals surface area contributed by atoms with Crippen molar-refractivity contribution in [2.24, 2.45) is 0 Å². The highest BCUT2D eigenvalue weighted by molar-refractivity contribution is 8.01. The number of carboxylic acids is 1. The summed E-state index contributed by atoms with van der Waals surface area (Å²) in [7, 11) is 0. The molecule has 2 aromatic carbocycles. The number of β-lactam (4-membered cyclic amide) rings is 1. The van der Waals surface area contributed by atoms with Gasteiger partial charge in [-0.1, -0.05) is 55.8 Å². The van der Waals surface area contributed by atoms with Gasteiger partial charge in [-0.15, -0.1) is 11.8 Å². The Morgan fingerprint density at radius 1 is 1.09 bits per heavy atom. The number of nitro groups is 1. The van der Waals surface area contributed by atoms with E-state index in [1.807, 2.05) is 6.92 Å². The number of amides is 4. The van der Waals surface area contributed by atoms with Crippen molar-refractivity contribution in [1.29, 1.82) is 0 Å². The van der Waals surface area contributed by atoms with Crippen LogP contribution in [0.4, 0.5) is 5.69 Å². The zero-order valence-corrected chi connectivity index (χ0v) is 27.1. The van der Waals surface area contributed by atoms with E-state index in [2.05, 4.69) is 20.7 Å². The van der Waals surface area contributed by atoms with Gasteiger partial charge in [0.1, 0.15) is 34.4 Å². The summed E-state index contributed by atoms with van der Waals surface area (Å²) in [5.74, 6) is -3.54. The van der Waals surface area contributed by atoms with Gasteiger partial charge in [-0.2, -0.15) is 0 Å². The van der Waals surface area contributed by atoms with Crippen LogP contribution in [-0.2, 0) is 24.0 Å². The minimum Gasteiger partial charge on any atom is -0.480 e. The van der Waals surface area contributed by atoms with Gasteiger partial charge in [0.2, 0.25) is 23.6 Å². The van der Waals surface area contributed by atoms with Crippen LogP contribution in [0.3, 0.4) is 0 Å². The van der Waals surface area contributed by atoms with Gasteiger partial charge in [0.05, 0.1) is 11.3 Å². The Balaban J connectivity index is 1.53. The summed E-state index contributed by atoms with van der Waals surface area (Å²) < 4.78 is 2.07. The van der Waals surface area contributed by atoms with Crippen molar-refractivity contribution in [3.8, 4) is 0 Å². The Bertz CT molecular complexity index is 1490. The minimum absolute atomic E-state index is 0.189. The molecule has 2 aliphatic heterocycles. The van der Waals surface area contributed by atoms with E-state index in [-0.39, 0.29) is 17.0 Å². The van der Waals surface area contributed by atoms with Crippen LogP contribution in [0.2, 0.25) is 0 Å². The lowest BCUT2D eigenvalue weighted by molar-refractivity contribution is -0.387. The van der Waals surface area contributed by atoms with Crippen molar-refractivity contribution in [2.75, 3.05) is 6.54 Å². The lowest BCUT2D eigenvalue weighted by Crippen LogP contribution is -2.71. The number of benzene rings is 2. The summed E-state index contributed by atoms with van der Waals surface area (Å²) in [6.45, 7) is 5.82. The largest absolute Gasteiger partial charge is 0.480 e. The van der Waals surface area contributed by atoms with E-state index < -0.39 is 68.8 Å². The van der Waals surface area contributed by atoms with Gasteiger partial charge in [-0.05, 0) is 43.8 Å². The number of aliphatic carboxylic acids is 1. The molecule has 14 nitrogen and oxygen atoms in total. The molecule has 2 saturated heterocycles. The third-order valence-electron chi connectivity index (χ3n) is 7.59. The van der Waals surface area contributed by atoms with E-state index in [0.29, 0.717) is 12.1 Å². The van der Waals surface area contributed by atoms with Crippen LogP contribution in [0.15, 0.2) is 59.5 Å². The maximum Gasteiger partial charge on any atom is 0.327 e. The first-order chi connectivity index (χ1) is 21.9. The number of nitrogens with one attached hydrogen (secondary N) is 4. The first-order valence-corrected chi connectivity index (χ1v) is 16.4. The van der Waals surface area contributed by atoms with Gasteiger partial charge in [0.25, 0.3) is 5.69 Å². The highest BCUT2D eigenvalue weighted by Gasteiger charge is 2.64. The van der Waals surface area contributed by atoms with Crippen molar-refractivity contribution in [2.45, 2.75) is 79.2 Å². The number of carboxylic acid groups (broad SMARTS) is 1. The number of hydrogen-bond acceptors (Lipinski definition) is 10. The van der Waals surface area contributed by atoms with Crippen molar-refractivity contribution >= 4 is 59.0 Å². The van der Waals surface area contributed by atoms with Crippen LogP contribution < -0.4 is 20.7 Å². The fraction of sp³-hybridized carbons (Fsp3) is 0.433. The van der Waals surface area contributed by atoms with Crippen molar-refractivity contribution < 1.29 is 34.0 Å². The third-order valence-corrected chi connectivity index (χ3v) is 10.1. The summed E-state index contributed by atoms with van der Waals surface area (Å²) in [5.41, 5.74) is 0.211. The maximum absolute atomic E-state index is 13.7. The molecule has 246 valence electrons. The zero-order chi connectivity index (χ0) is 33.6. The van der Waals surface area contributed by atoms with Crippen LogP contribution in [0, 0.1) is 10.1 Å². The van der Waals surface area contributed by atoms with Crippen LogP contribution in [0.25, 0.3) is 0 Å². The lowest BCUT2D eigenvalue weighted by Gasteiger charge is -2.44. The minimum atomic E-state index is -1.28. The SMILES string of the molecule is CCCCNC(=O)CC(NSc1ccccc1[N+](=O)[O-])C(=O)NC(C(=O)N[C@@H]1C(=O)N2[C@@H]1SC(C)(C)[C@@H]2C(=O)O)c1ccccc1.